The van der Waals surface area contributed by atoms with Crippen LogP contribution >= 0.6 is 0 Å². The molecule has 36 heavy (non-hydrogen) atoms. The summed E-state index contributed by atoms with van der Waals surface area (Å²) in [6, 6.07) is 5.90. The van der Waals surface area contributed by atoms with Crippen LogP contribution < -0.4 is 10.1 Å². The SMILES string of the molecule is CCOc1cc(CN2CC3(CC3)c3c(CN(C)C)cc(Cn4ccnc4NC)cc3C2=O)ncc1F. The maximum absolute atomic E-state index is 14.1. The van der Waals surface area contributed by atoms with Gasteiger partial charge in [0, 0.05) is 49.6 Å². The lowest BCUT2D eigenvalue weighted by molar-refractivity contribution is 0.0694. The van der Waals surface area contributed by atoms with Crippen molar-refractivity contribution >= 4 is 11.9 Å². The molecule has 1 saturated carbocycles. The molecule has 8 nitrogen and oxygen atoms in total. The lowest BCUT2D eigenvalue weighted by atomic mass is 9.81. The summed E-state index contributed by atoms with van der Waals surface area (Å²) >= 11 is 0. The van der Waals surface area contributed by atoms with Crippen molar-refractivity contribution in [3.05, 3.63) is 70.6 Å². The van der Waals surface area contributed by atoms with Gasteiger partial charge in [-0.1, -0.05) is 6.07 Å². The van der Waals surface area contributed by atoms with Crippen LogP contribution in [0, 0.1) is 5.82 Å². The van der Waals surface area contributed by atoms with Crippen LogP contribution in [0.25, 0.3) is 0 Å². The van der Waals surface area contributed by atoms with Crippen LogP contribution in [0.3, 0.4) is 0 Å². The average Bonchev–Trinajstić information content (AvgIpc) is 3.46. The highest BCUT2D eigenvalue weighted by Gasteiger charge is 2.52. The van der Waals surface area contributed by atoms with E-state index in [4.69, 9.17) is 4.74 Å². The molecular formula is C27H33FN6O2. The van der Waals surface area contributed by atoms with E-state index < -0.39 is 5.82 Å². The predicted molar refractivity (Wildman–Crippen MR) is 136 cm³/mol. The second-order valence-corrected chi connectivity index (χ2v) is 10.0. The highest BCUT2D eigenvalue weighted by molar-refractivity contribution is 5.98. The lowest BCUT2D eigenvalue weighted by Gasteiger charge is -2.37. The van der Waals surface area contributed by atoms with Gasteiger partial charge in [-0.25, -0.2) is 9.37 Å². The van der Waals surface area contributed by atoms with E-state index >= 15 is 0 Å². The second-order valence-electron chi connectivity index (χ2n) is 10.0. The minimum absolute atomic E-state index is 0.00654. The molecule has 1 fully saturated rings. The number of hydrogen-bond donors (Lipinski definition) is 1. The Morgan fingerprint density at radius 2 is 2.00 bits per heavy atom. The number of benzene rings is 1. The van der Waals surface area contributed by atoms with E-state index in [9.17, 15) is 9.18 Å². The van der Waals surface area contributed by atoms with E-state index in [2.05, 4.69) is 40.3 Å². The molecule has 3 aromatic rings. The van der Waals surface area contributed by atoms with Crippen LogP contribution in [0.4, 0.5) is 10.3 Å². The number of anilines is 1. The Hall–Kier alpha value is -3.46. The van der Waals surface area contributed by atoms with Gasteiger partial charge >= 0.3 is 0 Å². The molecule has 0 saturated heterocycles. The van der Waals surface area contributed by atoms with E-state index in [1.54, 1.807) is 12.3 Å². The smallest absolute Gasteiger partial charge is 0.254 e. The molecule has 0 radical (unpaired) electrons. The molecule has 9 heteroatoms. The van der Waals surface area contributed by atoms with Crippen molar-refractivity contribution in [1.82, 2.24) is 24.3 Å². The first kappa shape index (κ1) is 24.2. The van der Waals surface area contributed by atoms with Crippen molar-refractivity contribution in [3.63, 3.8) is 0 Å². The summed E-state index contributed by atoms with van der Waals surface area (Å²) in [5.41, 5.74) is 4.83. The molecular weight excluding hydrogens is 459 g/mol. The minimum Gasteiger partial charge on any atom is -0.491 e. The summed E-state index contributed by atoms with van der Waals surface area (Å²) in [6.07, 6.45) is 6.98. The molecule has 0 unspecified atom stereocenters. The molecule has 1 amide bonds. The number of fused-ring (bicyclic) bond motifs is 2. The monoisotopic (exact) mass is 492 g/mol. The molecule has 1 aliphatic carbocycles. The number of rotatable bonds is 9. The van der Waals surface area contributed by atoms with Gasteiger partial charge in [0.25, 0.3) is 5.91 Å². The van der Waals surface area contributed by atoms with Gasteiger partial charge in [0.15, 0.2) is 11.6 Å². The van der Waals surface area contributed by atoms with Crippen LogP contribution in [0.2, 0.25) is 0 Å². The molecule has 1 aromatic carbocycles. The molecule has 2 aliphatic rings. The quantitative estimate of drug-likeness (QED) is 0.492. The predicted octanol–water partition coefficient (Wildman–Crippen LogP) is 3.66. The largest absolute Gasteiger partial charge is 0.491 e. The van der Waals surface area contributed by atoms with E-state index in [-0.39, 0.29) is 17.1 Å². The van der Waals surface area contributed by atoms with Crippen molar-refractivity contribution in [2.45, 2.75) is 44.8 Å². The van der Waals surface area contributed by atoms with Gasteiger partial charge in [-0.05, 0) is 56.6 Å². The highest BCUT2D eigenvalue weighted by Crippen LogP contribution is 2.54. The molecule has 3 heterocycles. The number of amides is 1. The maximum atomic E-state index is 14.1. The first-order valence-corrected chi connectivity index (χ1v) is 12.4. The lowest BCUT2D eigenvalue weighted by Crippen LogP contribution is -2.44. The van der Waals surface area contributed by atoms with Crippen molar-refractivity contribution in [1.29, 1.82) is 0 Å². The summed E-state index contributed by atoms with van der Waals surface area (Å²) in [6.45, 7) is 4.52. The summed E-state index contributed by atoms with van der Waals surface area (Å²) in [4.78, 5) is 26.5. The number of carbonyl (C=O) groups excluding carboxylic acids is 1. The minimum atomic E-state index is -0.493. The Morgan fingerprint density at radius 3 is 2.69 bits per heavy atom. The van der Waals surface area contributed by atoms with Crippen LogP contribution in [0.1, 0.15) is 52.5 Å². The van der Waals surface area contributed by atoms with Gasteiger partial charge in [-0.3, -0.25) is 9.78 Å². The zero-order valence-corrected chi connectivity index (χ0v) is 21.3. The molecule has 5 rings (SSSR count). The summed E-state index contributed by atoms with van der Waals surface area (Å²) in [5, 5.41) is 3.11. The zero-order valence-electron chi connectivity index (χ0n) is 21.3. The van der Waals surface area contributed by atoms with Crippen LogP contribution in [0.15, 0.2) is 36.8 Å². The molecule has 190 valence electrons. The Morgan fingerprint density at radius 1 is 1.19 bits per heavy atom. The first-order chi connectivity index (χ1) is 17.3. The van der Waals surface area contributed by atoms with Crippen LogP contribution in [-0.4, -0.2) is 64.5 Å². The number of pyridine rings is 1. The molecule has 0 atom stereocenters. The number of nitrogens with one attached hydrogen (secondary N) is 1. The number of aromatic nitrogens is 3. The third-order valence-electron chi connectivity index (χ3n) is 6.98. The third-order valence-corrected chi connectivity index (χ3v) is 6.98. The van der Waals surface area contributed by atoms with E-state index in [1.807, 2.05) is 35.7 Å². The van der Waals surface area contributed by atoms with Crippen LogP contribution in [-0.2, 0) is 25.0 Å². The van der Waals surface area contributed by atoms with Crippen LogP contribution in [0.5, 0.6) is 5.75 Å². The zero-order chi connectivity index (χ0) is 25.4. The van der Waals surface area contributed by atoms with E-state index in [0.29, 0.717) is 31.9 Å². The number of hydrogen-bond acceptors (Lipinski definition) is 6. The van der Waals surface area contributed by atoms with Gasteiger partial charge in [-0.15, -0.1) is 0 Å². The van der Waals surface area contributed by atoms with Crippen molar-refractivity contribution in [3.8, 4) is 5.75 Å². The molecule has 1 spiro atoms. The summed E-state index contributed by atoms with van der Waals surface area (Å²) in [7, 11) is 5.96. The molecule has 1 N–H and O–H groups in total. The number of imidazole rings is 1. The Kier molecular flexibility index (Phi) is 6.42. The molecule has 0 bridgehead atoms. The van der Waals surface area contributed by atoms with Gasteiger partial charge in [0.1, 0.15) is 0 Å². The van der Waals surface area contributed by atoms with Crippen molar-refractivity contribution < 1.29 is 13.9 Å². The van der Waals surface area contributed by atoms with E-state index in [0.717, 1.165) is 36.5 Å². The van der Waals surface area contributed by atoms with Crippen molar-refractivity contribution in [2.75, 3.05) is 39.6 Å². The fourth-order valence-electron chi connectivity index (χ4n) is 5.36. The number of halogens is 1. The topological polar surface area (TPSA) is 75.5 Å². The first-order valence-electron chi connectivity index (χ1n) is 12.4. The van der Waals surface area contributed by atoms with Gasteiger partial charge in [0.2, 0.25) is 5.95 Å². The third kappa shape index (κ3) is 4.55. The second kappa shape index (κ2) is 9.54. The summed E-state index contributed by atoms with van der Waals surface area (Å²) in [5.74, 6) is 0.451. The Labute approximate surface area is 211 Å². The molecule has 1 aliphatic heterocycles. The van der Waals surface area contributed by atoms with E-state index in [1.165, 1.54) is 17.3 Å². The number of nitrogens with zero attached hydrogens (tertiary/aromatic N) is 5. The number of ether oxygens (including phenoxy) is 1. The maximum Gasteiger partial charge on any atom is 0.254 e. The van der Waals surface area contributed by atoms with Gasteiger partial charge in [0.05, 0.1) is 31.6 Å². The number of carbonyl (C=O) groups is 1. The normalized spacial score (nSPS) is 15.9. The molecule has 2 aromatic heterocycles. The summed E-state index contributed by atoms with van der Waals surface area (Å²) < 4.78 is 21.5. The Balaban J connectivity index is 1.52. The van der Waals surface area contributed by atoms with Gasteiger partial charge < -0.3 is 24.4 Å². The van der Waals surface area contributed by atoms with Gasteiger partial charge in [-0.2, -0.15) is 0 Å². The van der Waals surface area contributed by atoms with Crippen molar-refractivity contribution in [2.24, 2.45) is 0 Å². The fourth-order valence-corrected chi connectivity index (χ4v) is 5.36. The standard InChI is InChI=1S/C27H33FN6O2/c1-5-36-23-12-20(31-13-22(23)28)16-34-17-27(6-7-27)24-19(15-32(3)4)10-18(11-21(24)25(34)35)14-33-9-8-30-26(33)29-2/h8-13H,5-7,14-17H2,1-4H3,(H,29,30). The average molecular weight is 493 g/mol. The fraction of sp³-hybridized carbons (Fsp3) is 0.444. The Bertz CT molecular complexity index is 1280. The highest BCUT2D eigenvalue weighted by atomic mass is 19.1.